The molecule has 4 aliphatic rings. The number of allylic oxidation sites excluding steroid dienone is 3. The molecule has 0 aromatic rings. The van der Waals surface area contributed by atoms with E-state index in [1.807, 2.05) is 13.8 Å². The Morgan fingerprint density at radius 3 is 2.21 bits per heavy atom. The third kappa shape index (κ3) is 2.43. The summed E-state index contributed by atoms with van der Waals surface area (Å²) in [5.74, 6) is -1.94. The van der Waals surface area contributed by atoms with Gasteiger partial charge in [0.2, 0.25) is 0 Å². The van der Waals surface area contributed by atoms with Crippen molar-refractivity contribution in [1.82, 2.24) is 0 Å². The van der Waals surface area contributed by atoms with E-state index < -0.39 is 28.0 Å². The lowest BCUT2D eigenvalue weighted by molar-refractivity contribution is -0.218. The number of ether oxygens (including phenoxy) is 1. The van der Waals surface area contributed by atoms with Gasteiger partial charge in [-0.1, -0.05) is 39.3 Å². The Morgan fingerprint density at radius 2 is 1.67 bits per heavy atom. The summed E-state index contributed by atoms with van der Waals surface area (Å²) in [5.41, 5.74) is -3.52. The first-order valence-corrected chi connectivity index (χ1v) is 12.1. The van der Waals surface area contributed by atoms with Crippen LogP contribution in [0.1, 0.15) is 81.1 Å². The van der Waals surface area contributed by atoms with Crippen molar-refractivity contribution in [2.75, 3.05) is 0 Å². The summed E-state index contributed by atoms with van der Waals surface area (Å²) in [6.45, 7) is 15.1. The molecule has 4 aliphatic carbocycles. The molecule has 2 N–H and O–H groups in total. The molecule has 0 amide bonds. The van der Waals surface area contributed by atoms with E-state index in [4.69, 9.17) is 4.74 Å². The third-order valence-corrected chi connectivity index (χ3v) is 10.8. The van der Waals surface area contributed by atoms with E-state index in [0.717, 1.165) is 18.4 Å². The highest BCUT2D eigenvalue weighted by Gasteiger charge is 2.79. The van der Waals surface area contributed by atoms with E-state index in [2.05, 4.69) is 26.8 Å². The zero-order chi connectivity index (χ0) is 24.9. The Kier molecular flexibility index (Phi) is 4.90. The van der Waals surface area contributed by atoms with Crippen molar-refractivity contribution in [2.45, 2.75) is 87.2 Å². The SMILES string of the molecule is CC(=O)O[C@H]1CC[C@]2(C)[C@H](CC[C@@]3(C)[C@H]2C=C(C)[C@@]2(C)C(O)=C(C)C(=O)[C@]23C(=O)O)C1(C)C. The maximum Gasteiger partial charge on any atom is 0.319 e. The normalized spacial score (nSPS) is 46.1. The number of hydrogen-bond acceptors (Lipinski definition) is 5. The van der Waals surface area contributed by atoms with E-state index in [0.29, 0.717) is 12.8 Å². The van der Waals surface area contributed by atoms with Crippen molar-refractivity contribution < 1.29 is 29.3 Å². The van der Waals surface area contributed by atoms with Crippen LogP contribution in [0.25, 0.3) is 0 Å². The lowest BCUT2D eigenvalue weighted by Crippen LogP contribution is -2.69. The van der Waals surface area contributed by atoms with Gasteiger partial charge >= 0.3 is 11.9 Å². The van der Waals surface area contributed by atoms with Gasteiger partial charge in [-0.05, 0) is 69.1 Å². The Balaban J connectivity index is 1.93. The first-order valence-electron chi connectivity index (χ1n) is 12.1. The summed E-state index contributed by atoms with van der Waals surface area (Å²) >= 11 is 0. The van der Waals surface area contributed by atoms with Crippen LogP contribution in [0.2, 0.25) is 0 Å². The van der Waals surface area contributed by atoms with Gasteiger partial charge in [-0.15, -0.1) is 0 Å². The lowest BCUT2D eigenvalue weighted by Gasteiger charge is -2.68. The molecule has 0 spiro atoms. The van der Waals surface area contributed by atoms with E-state index in [9.17, 15) is 24.6 Å². The number of carbonyl (C=O) groups excluding carboxylic acids is 2. The number of fused-ring (bicyclic) bond motifs is 5. The van der Waals surface area contributed by atoms with E-state index >= 15 is 0 Å². The fourth-order valence-corrected chi connectivity index (χ4v) is 9.12. The average Bonchev–Trinajstić information content (AvgIpc) is 2.86. The van der Waals surface area contributed by atoms with Crippen molar-refractivity contribution in [3.63, 3.8) is 0 Å². The van der Waals surface area contributed by atoms with E-state index in [-0.39, 0.29) is 46.1 Å². The predicted octanol–water partition coefficient (Wildman–Crippen LogP) is 5.23. The molecule has 0 aromatic carbocycles. The molecule has 33 heavy (non-hydrogen) atoms. The first-order chi connectivity index (χ1) is 15.0. The lowest BCUT2D eigenvalue weighted by atomic mass is 9.33. The number of carbonyl (C=O) groups is 3. The Morgan fingerprint density at radius 1 is 1.06 bits per heavy atom. The van der Waals surface area contributed by atoms with Crippen molar-refractivity contribution in [3.05, 3.63) is 23.0 Å². The number of rotatable bonds is 2. The monoisotopic (exact) mass is 458 g/mol. The molecule has 6 nitrogen and oxygen atoms in total. The van der Waals surface area contributed by atoms with Crippen LogP contribution >= 0.6 is 0 Å². The highest BCUT2D eigenvalue weighted by atomic mass is 16.5. The summed E-state index contributed by atoms with van der Waals surface area (Å²) in [7, 11) is 0. The molecular weight excluding hydrogens is 420 g/mol. The van der Waals surface area contributed by atoms with Crippen LogP contribution in [-0.2, 0) is 19.1 Å². The molecule has 0 heterocycles. The summed E-state index contributed by atoms with van der Waals surface area (Å²) in [6, 6.07) is 0. The van der Waals surface area contributed by atoms with Crippen molar-refractivity contribution in [3.8, 4) is 0 Å². The van der Waals surface area contributed by atoms with Gasteiger partial charge in [0, 0.05) is 17.9 Å². The Hall–Kier alpha value is -2.11. The summed E-state index contributed by atoms with van der Waals surface area (Å²) in [6.07, 6.45) is 4.74. The Bertz CT molecular complexity index is 1020. The fourth-order valence-electron chi connectivity index (χ4n) is 9.12. The molecule has 182 valence electrons. The molecule has 0 bridgehead atoms. The van der Waals surface area contributed by atoms with Gasteiger partial charge in [-0.3, -0.25) is 14.4 Å². The van der Waals surface area contributed by atoms with Gasteiger partial charge in [0.25, 0.3) is 0 Å². The minimum atomic E-state index is -1.75. The number of esters is 1. The van der Waals surface area contributed by atoms with Gasteiger partial charge in [-0.25, -0.2) is 0 Å². The zero-order valence-corrected chi connectivity index (χ0v) is 21.2. The number of ketones is 1. The number of aliphatic hydroxyl groups excluding tert-OH is 1. The van der Waals surface area contributed by atoms with Crippen LogP contribution in [-0.4, -0.2) is 34.0 Å². The maximum atomic E-state index is 13.8. The van der Waals surface area contributed by atoms with Gasteiger partial charge < -0.3 is 14.9 Å². The molecule has 0 radical (unpaired) electrons. The van der Waals surface area contributed by atoms with Crippen LogP contribution in [0.3, 0.4) is 0 Å². The minimum absolute atomic E-state index is 0.102. The Labute approximate surface area is 196 Å². The second kappa shape index (κ2) is 6.73. The summed E-state index contributed by atoms with van der Waals surface area (Å²) in [5, 5.41) is 21.9. The standard InChI is InChI=1S/C27H38O6/c1-14-13-18-24(6)11-10-19(33-16(3)28)23(4,5)17(24)9-12-25(18,7)27(22(31)32)21(30)15(2)20(29)26(14,27)8/h13,17-19,29H,9-12H2,1-8H3,(H,31,32)/t17-,18+,19+,24-,25+,26+,27-/m1/s1. The highest BCUT2D eigenvalue weighted by Crippen LogP contribution is 2.76. The van der Waals surface area contributed by atoms with Crippen molar-refractivity contribution in [1.29, 1.82) is 0 Å². The number of aliphatic hydroxyl groups is 1. The van der Waals surface area contributed by atoms with E-state index in [1.54, 1.807) is 13.8 Å². The number of carboxylic acid groups (broad SMARTS) is 1. The molecule has 0 aromatic heterocycles. The summed E-state index contributed by atoms with van der Waals surface area (Å²) in [4.78, 5) is 38.8. The average molecular weight is 459 g/mol. The van der Waals surface area contributed by atoms with Crippen molar-refractivity contribution >= 4 is 17.7 Å². The molecule has 7 atom stereocenters. The van der Waals surface area contributed by atoms with Crippen LogP contribution in [0.5, 0.6) is 0 Å². The second-order valence-electron chi connectivity index (χ2n) is 12.3. The van der Waals surface area contributed by atoms with Gasteiger partial charge in [0.1, 0.15) is 11.9 Å². The predicted molar refractivity (Wildman–Crippen MR) is 123 cm³/mol. The van der Waals surface area contributed by atoms with Crippen LogP contribution in [0.4, 0.5) is 0 Å². The topological polar surface area (TPSA) is 101 Å². The molecule has 2 saturated carbocycles. The molecule has 0 saturated heterocycles. The van der Waals surface area contributed by atoms with Crippen LogP contribution in [0.15, 0.2) is 23.0 Å². The number of Topliss-reactive ketones (excluding diaryl/α,β-unsaturated/α-hetero) is 1. The number of hydrogen-bond donors (Lipinski definition) is 2. The fraction of sp³-hybridized carbons (Fsp3) is 0.741. The minimum Gasteiger partial charge on any atom is -0.511 e. The van der Waals surface area contributed by atoms with Gasteiger partial charge in [0.05, 0.1) is 5.41 Å². The molecule has 2 fully saturated rings. The molecular formula is C27H38O6. The third-order valence-electron chi connectivity index (χ3n) is 10.8. The zero-order valence-electron chi connectivity index (χ0n) is 21.2. The smallest absolute Gasteiger partial charge is 0.319 e. The molecule has 6 heteroatoms. The molecule has 0 aliphatic heterocycles. The number of aliphatic carboxylic acids is 1. The molecule has 0 unspecified atom stereocenters. The van der Waals surface area contributed by atoms with Gasteiger partial charge in [0.15, 0.2) is 11.2 Å². The van der Waals surface area contributed by atoms with Crippen LogP contribution in [0, 0.1) is 38.9 Å². The van der Waals surface area contributed by atoms with Gasteiger partial charge in [-0.2, -0.15) is 0 Å². The van der Waals surface area contributed by atoms with Crippen LogP contribution < -0.4 is 0 Å². The maximum absolute atomic E-state index is 13.8. The number of carboxylic acids is 1. The van der Waals surface area contributed by atoms with Crippen molar-refractivity contribution in [2.24, 2.45) is 38.9 Å². The second-order valence-corrected chi connectivity index (χ2v) is 12.3. The quantitative estimate of drug-likeness (QED) is 0.334. The highest BCUT2D eigenvalue weighted by molar-refractivity contribution is 6.17. The summed E-state index contributed by atoms with van der Waals surface area (Å²) < 4.78 is 5.73. The molecule has 4 rings (SSSR count). The first kappa shape index (κ1) is 24.0. The largest absolute Gasteiger partial charge is 0.511 e. The van der Waals surface area contributed by atoms with E-state index in [1.165, 1.54) is 6.92 Å².